The number of benzene rings is 2. The van der Waals surface area contributed by atoms with Crippen LogP contribution in [0.5, 0.6) is 0 Å². The van der Waals surface area contributed by atoms with Gasteiger partial charge in [-0.3, -0.25) is 0 Å². The minimum Gasteiger partial charge on any atom is -0.389 e. The Kier molecular flexibility index (Phi) is 9.28. The zero-order valence-electron chi connectivity index (χ0n) is 24.6. The van der Waals surface area contributed by atoms with E-state index in [0.29, 0.717) is 47.2 Å². The molecule has 1 saturated heterocycles. The predicted octanol–water partition coefficient (Wildman–Crippen LogP) is 9.19. The summed E-state index contributed by atoms with van der Waals surface area (Å²) < 4.78 is 69.9. The Labute approximate surface area is 247 Å². The van der Waals surface area contributed by atoms with E-state index in [0.717, 1.165) is 70.8 Å². The number of ether oxygens (including phenoxy) is 2. The van der Waals surface area contributed by atoms with Crippen LogP contribution in [0, 0.1) is 41.0 Å². The minimum atomic E-state index is -1.03. The van der Waals surface area contributed by atoms with Gasteiger partial charge in [0.2, 0.25) is 0 Å². The van der Waals surface area contributed by atoms with E-state index in [9.17, 15) is 22.7 Å². The van der Waals surface area contributed by atoms with Crippen molar-refractivity contribution in [1.29, 1.82) is 0 Å². The molecule has 1 heterocycles. The molecule has 1 aliphatic heterocycles. The van der Waals surface area contributed by atoms with E-state index in [1.807, 2.05) is 0 Å². The second-order valence-corrected chi connectivity index (χ2v) is 13.4. The van der Waals surface area contributed by atoms with E-state index in [2.05, 4.69) is 0 Å². The second kappa shape index (κ2) is 13.0. The highest BCUT2D eigenvalue weighted by atomic mass is 19.2. The van der Waals surface area contributed by atoms with Crippen LogP contribution >= 0.6 is 0 Å². The third-order valence-corrected chi connectivity index (χ3v) is 10.9. The largest absolute Gasteiger partial charge is 0.389 e. The Morgan fingerprint density at radius 2 is 1.17 bits per heavy atom. The lowest BCUT2D eigenvalue weighted by molar-refractivity contribution is -0.0149. The van der Waals surface area contributed by atoms with Crippen molar-refractivity contribution in [1.82, 2.24) is 0 Å². The lowest BCUT2D eigenvalue weighted by Gasteiger charge is -2.38. The van der Waals surface area contributed by atoms with E-state index in [1.54, 1.807) is 18.2 Å². The van der Waals surface area contributed by atoms with Gasteiger partial charge in [-0.25, -0.2) is 17.6 Å². The van der Waals surface area contributed by atoms with Gasteiger partial charge < -0.3 is 14.6 Å². The van der Waals surface area contributed by atoms with Crippen LogP contribution in [0.1, 0.15) is 130 Å². The van der Waals surface area contributed by atoms with Crippen molar-refractivity contribution < 1.29 is 32.1 Å². The van der Waals surface area contributed by atoms with Crippen LogP contribution in [0.15, 0.2) is 24.3 Å². The summed E-state index contributed by atoms with van der Waals surface area (Å²) >= 11 is 0. The molecule has 7 heteroatoms. The molecule has 0 amide bonds. The summed E-state index contributed by atoms with van der Waals surface area (Å²) in [5, 5.41) is 9.65. The maximum Gasteiger partial charge on any atom is 0.165 e. The van der Waals surface area contributed by atoms with Gasteiger partial charge in [-0.1, -0.05) is 24.3 Å². The third kappa shape index (κ3) is 6.44. The quantitative estimate of drug-likeness (QED) is 0.247. The number of rotatable bonds is 8. The Balaban J connectivity index is 0.909. The first kappa shape index (κ1) is 30.1. The normalized spacial score (nSPS) is 32.5. The monoisotopic (exact) mass is 588 g/mol. The summed E-state index contributed by atoms with van der Waals surface area (Å²) in [5.41, 5.74) is 1.33. The molecule has 2 unspecified atom stereocenters. The van der Waals surface area contributed by atoms with Gasteiger partial charge in [-0.2, -0.15) is 0 Å². The van der Waals surface area contributed by atoms with Crippen LogP contribution < -0.4 is 0 Å². The highest BCUT2D eigenvalue weighted by Gasteiger charge is 2.35. The lowest BCUT2D eigenvalue weighted by Crippen LogP contribution is -2.30. The van der Waals surface area contributed by atoms with E-state index < -0.39 is 29.4 Å². The van der Waals surface area contributed by atoms with E-state index in [-0.39, 0.29) is 23.5 Å². The van der Waals surface area contributed by atoms with Crippen LogP contribution in [0.2, 0.25) is 0 Å². The van der Waals surface area contributed by atoms with Crippen LogP contribution in [0.3, 0.4) is 0 Å². The van der Waals surface area contributed by atoms with E-state index in [4.69, 9.17) is 9.47 Å². The molecule has 42 heavy (non-hydrogen) atoms. The Morgan fingerprint density at radius 3 is 1.74 bits per heavy atom. The molecular formula is C35H44F4O3. The number of aliphatic hydroxyl groups is 1. The van der Waals surface area contributed by atoms with E-state index in [1.165, 1.54) is 25.8 Å². The molecule has 2 aromatic carbocycles. The number of halogens is 4. The summed E-state index contributed by atoms with van der Waals surface area (Å²) in [4.78, 5) is 0. The van der Waals surface area contributed by atoms with Gasteiger partial charge in [0.25, 0.3) is 0 Å². The molecule has 3 aliphatic carbocycles. The molecule has 0 aromatic heterocycles. The molecule has 3 saturated carbocycles. The van der Waals surface area contributed by atoms with Gasteiger partial charge >= 0.3 is 0 Å². The smallest absolute Gasteiger partial charge is 0.165 e. The average Bonchev–Trinajstić information content (AvgIpc) is 3.85. The first-order valence-electron chi connectivity index (χ1n) is 16.2. The first-order valence-corrected chi connectivity index (χ1v) is 16.2. The van der Waals surface area contributed by atoms with Crippen molar-refractivity contribution in [2.75, 3.05) is 13.2 Å². The molecule has 6 rings (SSSR count). The molecule has 0 bridgehead atoms. The standard InChI is InChI=1S/C35H44F4O3/c1-20(40)27-14-15-28(33(37)32(27)36)24-4-2-21(3-5-24)18-41-26-12-10-23(11-13-26)22-6-8-25(9-7-22)29-16-17-30(31-19-42-31)35(39)34(29)38/h14-17,20-26,31,40H,2-13,18-19H2,1H3. The molecule has 0 spiro atoms. The van der Waals surface area contributed by atoms with Crippen LogP contribution in [0.4, 0.5) is 17.6 Å². The first-order chi connectivity index (χ1) is 20.3. The fourth-order valence-electron chi connectivity index (χ4n) is 8.13. The number of hydrogen-bond donors (Lipinski definition) is 1. The van der Waals surface area contributed by atoms with Crippen molar-refractivity contribution in [2.45, 2.75) is 114 Å². The molecule has 2 aromatic rings. The van der Waals surface area contributed by atoms with Gasteiger partial charge in [0.05, 0.1) is 18.8 Å². The molecule has 0 radical (unpaired) electrons. The van der Waals surface area contributed by atoms with Crippen molar-refractivity contribution in [2.24, 2.45) is 17.8 Å². The highest BCUT2D eigenvalue weighted by Crippen LogP contribution is 2.45. The summed E-state index contributed by atoms with van der Waals surface area (Å²) in [6.07, 6.45) is 11.0. The highest BCUT2D eigenvalue weighted by molar-refractivity contribution is 5.32. The van der Waals surface area contributed by atoms with Crippen LogP contribution in [0.25, 0.3) is 0 Å². The Bertz CT molecular complexity index is 1220. The maximum absolute atomic E-state index is 14.8. The lowest BCUT2D eigenvalue weighted by atomic mass is 9.69. The number of epoxide rings is 1. The summed E-state index contributed by atoms with van der Waals surface area (Å²) in [7, 11) is 0. The molecule has 4 aliphatic rings. The Morgan fingerprint density at radius 1 is 0.690 bits per heavy atom. The molecule has 2 atom stereocenters. The maximum atomic E-state index is 14.8. The third-order valence-electron chi connectivity index (χ3n) is 10.9. The predicted molar refractivity (Wildman–Crippen MR) is 153 cm³/mol. The summed E-state index contributed by atoms with van der Waals surface area (Å²) in [5.74, 6) is -1.23. The van der Waals surface area contributed by atoms with Gasteiger partial charge in [0, 0.05) is 17.7 Å². The molecular weight excluding hydrogens is 544 g/mol. The molecule has 230 valence electrons. The van der Waals surface area contributed by atoms with Crippen molar-refractivity contribution >= 4 is 0 Å². The number of hydrogen-bond acceptors (Lipinski definition) is 3. The van der Waals surface area contributed by atoms with Gasteiger partial charge in [0.15, 0.2) is 23.3 Å². The SMILES string of the molecule is CC(O)c1ccc(C2CCC(COC3CCC(C4CCC(c5ccc(C6CO6)c(F)c5F)CC4)CC3)CC2)c(F)c1F. The summed E-state index contributed by atoms with van der Waals surface area (Å²) in [6.45, 7) is 2.65. The van der Waals surface area contributed by atoms with Crippen LogP contribution in [-0.4, -0.2) is 24.4 Å². The van der Waals surface area contributed by atoms with Crippen molar-refractivity contribution in [3.05, 3.63) is 69.8 Å². The molecule has 1 N–H and O–H groups in total. The molecule has 3 nitrogen and oxygen atoms in total. The average molecular weight is 589 g/mol. The fraction of sp³-hybridized carbons (Fsp3) is 0.657. The topological polar surface area (TPSA) is 42.0 Å². The minimum absolute atomic E-state index is 0.0107. The second-order valence-electron chi connectivity index (χ2n) is 13.4. The van der Waals surface area contributed by atoms with Gasteiger partial charge in [-0.15, -0.1) is 0 Å². The number of aliphatic hydroxyl groups excluding tert-OH is 1. The van der Waals surface area contributed by atoms with Crippen molar-refractivity contribution in [3.8, 4) is 0 Å². The zero-order chi connectivity index (χ0) is 29.4. The fourth-order valence-corrected chi connectivity index (χ4v) is 8.13. The molecule has 4 fully saturated rings. The van der Waals surface area contributed by atoms with Gasteiger partial charge in [0.1, 0.15) is 6.10 Å². The Hall–Kier alpha value is -1.96. The van der Waals surface area contributed by atoms with Gasteiger partial charge in [-0.05, 0) is 125 Å². The zero-order valence-corrected chi connectivity index (χ0v) is 24.6. The summed E-state index contributed by atoms with van der Waals surface area (Å²) in [6, 6.07) is 6.65. The van der Waals surface area contributed by atoms with Crippen molar-refractivity contribution in [3.63, 3.8) is 0 Å². The van der Waals surface area contributed by atoms with Crippen LogP contribution in [-0.2, 0) is 9.47 Å². The van der Waals surface area contributed by atoms with E-state index >= 15 is 0 Å².